The lowest BCUT2D eigenvalue weighted by atomic mass is 9.71. The molecule has 3 N–H and O–H groups in total. The van der Waals surface area contributed by atoms with Gasteiger partial charge in [0.2, 0.25) is 11.8 Å². The van der Waals surface area contributed by atoms with E-state index in [1.807, 2.05) is 29.2 Å². The number of carbonyl (C=O) groups excluding carboxylic acids is 2. The van der Waals surface area contributed by atoms with Crippen molar-refractivity contribution < 1.29 is 29.0 Å². The number of rotatable bonds is 5. The number of nitrogens with zero attached hydrogens (tertiary/aromatic N) is 2. The van der Waals surface area contributed by atoms with E-state index >= 15 is 0 Å². The minimum Gasteiger partial charge on any atom is -0.483 e. The Bertz CT molecular complexity index is 862. The highest BCUT2D eigenvalue weighted by molar-refractivity contribution is 5.89. The maximum absolute atomic E-state index is 13.6. The van der Waals surface area contributed by atoms with Gasteiger partial charge < -0.3 is 24.8 Å². The van der Waals surface area contributed by atoms with E-state index in [4.69, 9.17) is 14.3 Å². The van der Waals surface area contributed by atoms with Gasteiger partial charge in [0.05, 0.1) is 25.0 Å². The molecule has 180 valence electrons. The van der Waals surface area contributed by atoms with Gasteiger partial charge in [0.15, 0.2) is 0 Å². The highest BCUT2D eigenvalue weighted by Crippen LogP contribution is 2.42. The second kappa shape index (κ2) is 10.1. The second-order valence-electron chi connectivity index (χ2n) is 9.65. The van der Waals surface area contributed by atoms with Crippen molar-refractivity contribution in [1.82, 2.24) is 15.1 Å². The lowest BCUT2D eigenvalue weighted by Gasteiger charge is -2.56. The van der Waals surface area contributed by atoms with Crippen LogP contribution >= 0.6 is 0 Å². The molecule has 2 bridgehead atoms. The molecule has 3 fully saturated rings. The Morgan fingerprint density at radius 3 is 2.67 bits per heavy atom. The fourth-order valence-electron chi connectivity index (χ4n) is 6.15. The van der Waals surface area contributed by atoms with E-state index in [-0.39, 0.29) is 36.9 Å². The first-order valence-electron chi connectivity index (χ1n) is 11.7. The average molecular weight is 460 g/mol. The number of carboxylic acid groups (broad SMARTS) is 1. The minimum absolute atomic E-state index is 0.0895. The number of carbonyl (C=O) groups is 3. The van der Waals surface area contributed by atoms with Crippen LogP contribution in [0, 0.1) is 11.8 Å². The number of piperidine rings is 3. The number of aliphatic hydroxyl groups is 1. The molecule has 1 aromatic heterocycles. The molecular formula is C24H33N3O6. The molecule has 4 atom stereocenters. The van der Waals surface area contributed by atoms with Crippen molar-refractivity contribution in [3.8, 4) is 0 Å². The first-order chi connectivity index (χ1) is 16.0. The van der Waals surface area contributed by atoms with Gasteiger partial charge in [0, 0.05) is 31.5 Å². The van der Waals surface area contributed by atoms with Gasteiger partial charge in [-0.25, -0.2) is 0 Å². The van der Waals surface area contributed by atoms with Crippen molar-refractivity contribution in [2.75, 3.05) is 19.7 Å². The van der Waals surface area contributed by atoms with E-state index in [9.17, 15) is 14.7 Å². The van der Waals surface area contributed by atoms with Crippen molar-refractivity contribution in [3.63, 3.8) is 0 Å². The van der Waals surface area contributed by atoms with Crippen LogP contribution in [0.15, 0.2) is 35.0 Å². The van der Waals surface area contributed by atoms with Crippen molar-refractivity contribution in [2.24, 2.45) is 11.8 Å². The SMILES string of the molecule is O=C(NC1(CO)CC=CC1)[C@H]1[C@H]2C[C@H](CN(Cc3ccco3)C2)[C@@H]2CCCC(=O)N21.O=CO. The number of hydrogen-bond acceptors (Lipinski definition) is 6. The summed E-state index contributed by atoms with van der Waals surface area (Å²) in [7, 11) is 0. The predicted molar refractivity (Wildman–Crippen MR) is 119 cm³/mol. The third kappa shape index (κ3) is 4.84. The highest BCUT2D eigenvalue weighted by Gasteiger charge is 2.52. The first-order valence-corrected chi connectivity index (χ1v) is 11.7. The quantitative estimate of drug-likeness (QED) is 0.449. The smallest absolute Gasteiger partial charge is 0.290 e. The van der Waals surface area contributed by atoms with Crippen LogP contribution in [0.25, 0.3) is 0 Å². The average Bonchev–Trinajstić information content (AvgIpc) is 3.48. The van der Waals surface area contributed by atoms with Crippen molar-refractivity contribution >= 4 is 18.3 Å². The highest BCUT2D eigenvalue weighted by atomic mass is 16.3. The lowest BCUT2D eigenvalue weighted by Crippen LogP contribution is -2.69. The molecule has 9 nitrogen and oxygen atoms in total. The lowest BCUT2D eigenvalue weighted by molar-refractivity contribution is -0.161. The largest absolute Gasteiger partial charge is 0.483 e. The summed E-state index contributed by atoms with van der Waals surface area (Å²) >= 11 is 0. The van der Waals surface area contributed by atoms with Gasteiger partial charge in [-0.2, -0.15) is 0 Å². The van der Waals surface area contributed by atoms with Gasteiger partial charge in [0.25, 0.3) is 6.47 Å². The fourth-order valence-corrected chi connectivity index (χ4v) is 6.15. The third-order valence-electron chi connectivity index (χ3n) is 7.52. The number of aliphatic hydroxyl groups excluding tert-OH is 1. The normalized spacial score (nSPS) is 30.2. The number of amides is 2. The summed E-state index contributed by atoms with van der Waals surface area (Å²) in [5, 5.41) is 20.0. The van der Waals surface area contributed by atoms with E-state index in [0.29, 0.717) is 25.2 Å². The van der Waals surface area contributed by atoms with E-state index < -0.39 is 11.6 Å². The molecule has 0 unspecified atom stereocenters. The summed E-state index contributed by atoms with van der Waals surface area (Å²) < 4.78 is 5.55. The molecule has 0 spiro atoms. The molecule has 3 saturated heterocycles. The van der Waals surface area contributed by atoms with Gasteiger partial charge >= 0.3 is 0 Å². The predicted octanol–water partition coefficient (Wildman–Crippen LogP) is 1.38. The van der Waals surface area contributed by atoms with E-state index in [0.717, 1.165) is 44.7 Å². The van der Waals surface area contributed by atoms with Crippen LogP contribution in [0.4, 0.5) is 0 Å². The molecule has 4 heterocycles. The van der Waals surface area contributed by atoms with Crippen LogP contribution in [0.5, 0.6) is 0 Å². The van der Waals surface area contributed by atoms with Crippen LogP contribution in [0.2, 0.25) is 0 Å². The third-order valence-corrected chi connectivity index (χ3v) is 7.52. The number of furan rings is 1. The Balaban J connectivity index is 0.000000821. The zero-order valence-corrected chi connectivity index (χ0v) is 18.8. The fraction of sp³-hybridized carbons (Fsp3) is 0.625. The number of likely N-dealkylation sites (tertiary alicyclic amines) is 1. The summed E-state index contributed by atoms with van der Waals surface area (Å²) in [4.78, 5) is 39.2. The summed E-state index contributed by atoms with van der Waals surface area (Å²) in [6.07, 6.45) is 10.4. The van der Waals surface area contributed by atoms with Gasteiger partial charge in [-0.1, -0.05) is 12.2 Å². The van der Waals surface area contributed by atoms with Crippen LogP contribution < -0.4 is 5.32 Å². The first kappa shape index (κ1) is 23.5. The van der Waals surface area contributed by atoms with Gasteiger partial charge in [-0.05, 0) is 50.2 Å². The van der Waals surface area contributed by atoms with Crippen LogP contribution in [0.3, 0.4) is 0 Å². The molecule has 0 radical (unpaired) electrons. The molecule has 2 amide bonds. The van der Waals surface area contributed by atoms with Crippen LogP contribution in [-0.4, -0.2) is 75.6 Å². The Hall–Kier alpha value is -2.65. The second-order valence-corrected chi connectivity index (χ2v) is 9.65. The number of fused-ring (bicyclic) bond motifs is 4. The molecule has 0 aromatic carbocycles. The topological polar surface area (TPSA) is 123 Å². The van der Waals surface area contributed by atoms with E-state index in [1.54, 1.807) is 6.26 Å². The summed E-state index contributed by atoms with van der Waals surface area (Å²) in [6, 6.07) is 3.57. The molecule has 4 aliphatic rings. The summed E-state index contributed by atoms with van der Waals surface area (Å²) in [5.74, 6) is 1.44. The molecule has 1 aliphatic carbocycles. The zero-order chi connectivity index (χ0) is 23.4. The van der Waals surface area contributed by atoms with E-state index in [2.05, 4.69) is 10.2 Å². The van der Waals surface area contributed by atoms with E-state index in [1.165, 1.54) is 0 Å². The molecule has 33 heavy (non-hydrogen) atoms. The molecule has 0 saturated carbocycles. The van der Waals surface area contributed by atoms with Crippen LogP contribution in [-0.2, 0) is 20.9 Å². The Labute approximate surface area is 193 Å². The Kier molecular flexibility index (Phi) is 7.19. The Morgan fingerprint density at radius 1 is 1.27 bits per heavy atom. The standard InChI is InChI=1S/C23H31N3O4.CH2O2/c27-15-23(8-1-2-9-23)24-22(29)21-17-11-16(19-6-3-7-20(28)26(19)21)12-25(13-17)14-18-5-4-10-30-18;2-1-3/h1-2,4-5,10,16-17,19,21,27H,3,6-9,11-15H2,(H,24,29);1H,(H,2,3)/t16-,17+,19+,21-;/m1./s1. The maximum atomic E-state index is 13.6. The van der Waals surface area contributed by atoms with Gasteiger partial charge in [0.1, 0.15) is 11.8 Å². The van der Waals surface area contributed by atoms with Gasteiger partial charge in [-0.15, -0.1) is 0 Å². The number of hydrogen-bond donors (Lipinski definition) is 3. The van der Waals surface area contributed by atoms with Crippen molar-refractivity contribution in [1.29, 1.82) is 0 Å². The molecule has 9 heteroatoms. The summed E-state index contributed by atoms with van der Waals surface area (Å²) in [6.45, 7) is 2.11. The van der Waals surface area contributed by atoms with Crippen LogP contribution in [0.1, 0.15) is 44.3 Å². The monoisotopic (exact) mass is 459 g/mol. The summed E-state index contributed by atoms with van der Waals surface area (Å²) in [5.41, 5.74) is -0.620. The van der Waals surface area contributed by atoms with Crippen molar-refractivity contribution in [2.45, 2.75) is 62.7 Å². The zero-order valence-electron chi connectivity index (χ0n) is 18.8. The van der Waals surface area contributed by atoms with Gasteiger partial charge in [-0.3, -0.25) is 19.3 Å². The molecular weight excluding hydrogens is 426 g/mol. The van der Waals surface area contributed by atoms with Crippen molar-refractivity contribution in [3.05, 3.63) is 36.3 Å². The molecule has 1 aromatic rings. The maximum Gasteiger partial charge on any atom is 0.290 e. The minimum atomic E-state index is -0.620. The molecule has 5 rings (SSSR count). The Morgan fingerprint density at radius 2 is 2.00 bits per heavy atom. The molecule has 3 aliphatic heterocycles. The number of nitrogens with one attached hydrogen (secondary N) is 1.